The summed E-state index contributed by atoms with van der Waals surface area (Å²) < 4.78 is 10.2. The van der Waals surface area contributed by atoms with E-state index >= 15 is 0 Å². The number of carbonyl (C=O) groups excluding carboxylic acids is 1. The summed E-state index contributed by atoms with van der Waals surface area (Å²) in [5, 5.41) is 7.92. The first-order chi connectivity index (χ1) is 9.76. The van der Waals surface area contributed by atoms with E-state index in [1.165, 1.54) is 7.11 Å². The molecule has 0 aliphatic heterocycles. The molecule has 0 amide bonds. The van der Waals surface area contributed by atoms with E-state index in [4.69, 9.17) is 9.26 Å². The Bertz CT molecular complexity index is 686. The molecule has 2 saturated carbocycles. The molecule has 1 N–H and O–H groups in total. The third-order valence-corrected chi connectivity index (χ3v) is 3.79. The van der Waals surface area contributed by atoms with E-state index in [-0.39, 0.29) is 5.97 Å². The van der Waals surface area contributed by atoms with Crippen LogP contribution in [0, 0.1) is 0 Å². The van der Waals surface area contributed by atoms with E-state index in [0.29, 0.717) is 34.4 Å². The zero-order chi connectivity index (χ0) is 13.7. The second kappa shape index (κ2) is 4.19. The Morgan fingerprint density at radius 1 is 1.40 bits per heavy atom. The normalized spacial score (nSPS) is 18.2. The minimum Gasteiger partial charge on any atom is -0.465 e. The molecular weight excluding hydrogens is 258 g/mol. The molecule has 0 bridgehead atoms. The lowest BCUT2D eigenvalue weighted by Gasteiger charge is -2.05. The predicted octanol–water partition coefficient (Wildman–Crippen LogP) is 2.46. The first kappa shape index (κ1) is 11.7. The highest BCUT2D eigenvalue weighted by molar-refractivity contribution is 6.06. The zero-order valence-corrected chi connectivity index (χ0v) is 11.2. The highest BCUT2D eigenvalue weighted by Crippen LogP contribution is 2.41. The van der Waals surface area contributed by atoms with Crippen LogP contribution >= 0.6 is 0 Å². The van der Waals surface area contributed by atoms with E-state index < -0.39 is 0 Å². The van der Waals surface area contributed by atoms with Gasteiger partial charge in [0.05, 0.1) is 12.7 Å². The standard InChI is InChI=1S/C14H15N3O3/c1-19-14(18)9-6-10(7-2-3-7)16-13-11(9)12(17-20-13)15-8-4-5-8/h6-8H,2-5H2,1H3,(H,15,17). The Morgan fingerprint density at radius 3 is 2.85 bits per heavy atom. The van der Waals surface area contributed by atoms with Crippen molar-refractivity contribution >= 4 is 22.9 Å². The van der Waals surface area contributed by atoms with Gasteiger partial charge in [-0.3, -0.25) is 0 Å². The molecule has 2 aliphatic carbocycles. The Balaban J connectivity index is 1.87. The number of aromatic nitrogens is 2. The van der Waals surface area contributed by atoms with Crippen molar-refractivity contribution in [3.8, 4) is 0 Å². The molecule has 2 aliphatic rings. The second-order valence-corrected chi connectivity index (χ2v) is 5.49. The number of nitrogens with one attached hydrogen (secondary N) is 1. The molecule has 20 heavy (non-hydrogen) atoms. The first-order valence-corrected chi connectivity index (χ1v) is 6.91. The number of esters is 1. The zero-order valence-electron chi connectivity index (χ0n) is 11.2. The summed E-state index contributed by atoms with van der Waals surface area (Å²) in [4.78, 5) is 16.5. The monoisotopic (exact) mass is 273 g/mol. The summed E-state index contributed by atoms with van der Waals surface area (Å²) in [6, 6.07) is 2.25. The number of methoxy groups -OCH3 is 1. The van der Waals surface area contributed by atoms with Crippen LogP contribution in [0.1, 0.15) is 47.7 Å². The minimum atomic E-state index is -0.374. The SMILES string of the molecule is COC(=O)c1cc(C2CC2)nc2onc(NC3CC3)c12. The van der Waals surface area contributed by atoms with Crippen LogP contribution in [0.4, 0.5) is 5.82 Å². The quantitative estimate of drug-likeness (QED) is 0.862. The number of rotatable bonds is 4. The van der Waals surface area contributed by atoms with Crippen molar-refractivity contribution in [3.05, 3.63) is 17.3 Å². The van der Waals surface area contributed by atoms with Crippen LogP contribution in [-0.2, 0) is 4.74 Å². The smallest absolute Gasteiger partial charge is 0.338 e. The molecule has 0 aromatic carbocycles. The largest absolute Gasteiger partial charge is 0.465 e. The fourth-order valence-corrected chi connectivity index (χ4v) is 2.35. The van der Waals surface area contributed by atoms with Gasteiger partial charge in [0, 0.05) is 17.7 Å². The van der Waals surface area contributed by atoms with Gasteiger partial charge in [-0.2, -0.15) is 0 Å². The molecule has 104 valence electrons. The van der Waals surface area contributed by atoms with Crippen molar-refractivity contribution in [1.82, 2.24) is 10.1 Å². The van der Waals surface area contributed by atoms with Gasteiger partial charge in [-0.15, -0.1) is 0 Å². The molecule has 6 nitrogen and oxygen atoms in total. The number of ether oxygens (including phenoxy) is 1. The van der Waals surface area contributed by atoms with Gasteiger partial charge in [-0.25, -0.2) is 9.78 Å². The molecular formula is C14H15N3O3. The molecule has 2 heterocycles. The number of anilines is 1. The number of hydrogen-bond acceptors (Lipinski definition) is 6. The number of fused-ring (bicyclic) bond motifs is 1. The third-order valence-electron chi connectivity index (χ3n) is 3.79. The van der Waals surface area contributed by atoms with E-state index in [2.05, 4.69) is 15.5 Å². The molecule has 0 atom stereocenters. The summed E-state index contributed by atoms with van der Waals surface area (Å²) in [6.45, 7) is 0. The van der Waals surface area contributed by atoms with Crippen molar-refractivity contribution in [2.75, 3.05) is 12.4 Å². The molecule has 2 aromatic rings. The molecule has 2 fully saturated rings. The van der Waals surface area contributed by atoms with Gasteiger partial charge in [0.25, 0.3) is 5.71 Å². The third kappa shape index (κ3) is 1.92. The maximum absolute atomic E-state index is 12.0. The average molecular weight is 273 g/mol. The second-order valence-electron chi connectivity index (χ2n) is 5.49. The summed E-state index contributed by atoms with van der Waals surface area (Å²) >= 11 is 0. The van der Waals surface area contributed by atoms with Gasteiger partial charge < -0.3 is 14.6 Å². The molecule has 2 aromatic heterocycles. The lowest BCUT2D eigenvalue weighted by Crippen LogP contribution is -2.07. The topological polar surface area (TPSA) is 77.2 Å². The molecule has 0 spiro atoms. The minimum absolute atomic E-state index is 0.374. The van der Waals surface area contributed by atoms with Gasteiger partial charge in [0.2, 0.25) is 0 Å². The Morgan fingerprint density at radius 2 is 2.20 bits per heavy atom. The van der Waals surface area contributed by atoms with Crippen LogP contribution < -0.4 is 5.32 Å². The first-order valence-electron chi connectivity index (χ1n) is 6.91. The highest BCUT2D eigenvalue weighted by atomic mass is 16.5. The van der Waals surface area contributed by atoms with Crippen LogP contribution in [0.15, 0.2) is 10.6 Å². The lowest BCUT2D eigenvalue weighted by molar-refractivity contribution is 0.0602. The van der Waals surface area contributed by atoms with Gasteiger partial charge in [-0.1, -0.05) is 5.16 Å². The highest BCUT2D eigenvalue weighted by Gasteiger charge is 2.30. The Labute approximate surface area is 115 Å². The Kier molecular flexibility index (Phi) is 2.45. The maximum atomic E-state index is 12.0. The van der Waals surface area contributed by atoms with Crippen LogP contribution in [0.25, 0.3) is 11.1 Å². The average Bonchev–Trinajstić information content (AvgIpc) is 3.36. The van der Waals surface area contributed by atoms with Gasteiger partial charge in [-0.05, 0) is 31.7 Å². The fourth-order valence-electron chi connectivity index (χ4n) is 2.35. The summed E-state index contributed by atoms with van der Waals surface area (Å²) in [6.07, 6.45) is 4.46. The van der Waals surface area contributed by atoms with Crippen LogP contribution in [0.3, 0.4) is 0 Å². The van der Waals surface area contributed by atoms with Crippen molar-refractivity contribution in [1.29, 1.82) is 0 Å². The van der Waals surface area contributed by atoms with Gasteiger partial charge in [0.1, 0.15) is 5.39 Å². The van der Waals surface area contributed by atoms with Gasteiger partial charge in [0.15, 0.2) is 5.82 Å². The van der Waals surface area contributed by atoms with Crippen LogP contribution in [0.2, 0.25) is 0 Å². The number of hydrogen-bond donors (Lipinski definition) is 1. The molecule has 0 saturated heterocycles. The Hall–Kier alpha value is -2.11. The van der Waals surface area contributed by atoms with E-state index in [1.54, 1.807) is 0 Å². The summed E-state index contributed by atoms with van der Waals surface area (Å²) in [5.41, 5.74) is 1.80. The maximum Gasteiger partial charge on any atom is 0.338 e. The summed E-state index contributed by atoms with van der Waals surface area (Å²) in [5.74, 6) is 0.659. The molecule has 0 unspecified atom stereocenters. The van der Waals surface area contributed by atoms with E-state index in [1.807, 2.05) is 6.07 Å². The van der Waals surface area contributed by atoms with Crippen LogP contribution in [-0.4, -0.2) is 29.3 Å². The number of pyridine rings is 1. The molecule has 0 radical (unpaired) electrons. The molecule has 4 rings (SSSR count). The van der Waals surface area contributed by atoms with Crippen molar-refractivity contribution < 1.29 is 14.1 Å². The van der Waals surface area contributed by atoms with Crippen molar-refractivity contribution in [3.63, 3.8) is 0 Å². The predicted molar refractivity (Wildman–Crippen MR) is 71.8 cm³/mol. The summed E-state index contributed by atoms with van der Waals surface area (Å²) in [7, 11) is 1.38. The van der Waals surface area contributed by atoms with Crippen molar-refractivity contribution in [2.24, 2.45) is 0 Å². The number of carbonyl (C=O) groups is 1. The molecule has 6 heteroatoms. The van der Waals surface area contributed by atoms with Gasteiger partial charge >= 0.3 is 5.97 Å². The number of nitrogens with zero attached hydrogens (tertiary/aromatic N) is 2. The van der Waals surface area contributed by atoms with Crippen LogP contribution in [0.5, 0.6) is 0 Å². The van der Waals surface area contributed by atoms with E-state index in [9.17, 15) is 4.79 Å². The fraction of sp³-hybridized carbons (Fsp3) is 0.500. The van der Waals surface area contributed by atoms with E-state index in [0.717, 1.165) is 31.4 Å². The van der Waals surface area contributed by atoms with Crippen molar-refractivity contribution in [2.45, 2.75) is 37.6 Å². The lowest BCUT2D eigenvalue weighted by atomic mass is 10.1.